The molecule has 0 radical (unpaired) electrons. The lowest BCUT2D eigenvalue weighted by Crippen LogP contribution is -2.56. The van der Waals surface area contributed by atoms with Crippen molar-refractivity contribution in [3.05, 3.63) is 167 Å². The van der Waals surface area contributed by atoms with Crippen molar-refractivity contribution < 1.29 is 0 Å². The number of hydrogen-bond donors (Lipinski definition) is 0. The van der Waals surface area contributed by atoms with Crippen LogP contribution in [0.3, 0.4) is 0 Å². The molecule has 0 aliphatic rings. The van der Waals surface area contributed by atoms with Gasteiger partial charge in [-0.15, -0.1) is 0 Å². The number of fused-ring (bicyclic) bond motifs is 1. The Labute approximate surface area is 285 Å². The number of rotatable bonds is 7. The van der Waals surface area contributed by atoms with E-state index in [0.29, 0.717) is 0 Å². The average molecular weight is 622 g/mol. The van der Waals surface area contributed by atoms with E-state index in [1.54, 1.807) is 6.33 Å². The van der Waals surface area contributed by atoms with Crippen molar-refractivity contribution >= 4 is 51.1 Å². The van der Waals surface area contributed by atoms with Gasteiger partial charge in [0.15, 0.2) is 0 Å². The van der Waals surface area contributed by atoms with Crippen LogP contribution in [0.15, 0.2) is 134 Å². The summed E-state index contributed by atoms with van der Waals surface area (Å²) >= 11 is 0. The Morgan fingerprint density at radius 1 is 0.521 bits per heavy atom. The van der Waals surface area contributed by atoms with E-state index in [1.807, 2.05) is 12.3 Å². The lowest BCUT2D eigenvalue weighted by atomic mass is 9.33. The van der Waals surface area contributed by atoms with Gasteiger partial charge in [0.25, 0.3) is 0 Å². The Morgan fingerprint density at radius 3 is 1.62 bits per heavy atom. The third kappa shape index (κ3) is 5.79. The molecule has 0 atom stereocenters. The van der Waals surface area contributed by atoms with Gasteiger partial charge in [-0.3, -0.25) is 4.90 Å². The smallest absolute Gasteiger partial charge is 0.243 e. The molecule has 0 aliphatic carbocycles. The van der Waals surface area contributed by atoms with Crippen LogP contribution in [0.5, 0.6) is 0 Å². The Bertz CT molecular complexity index is 2140. The molecule has 0 N–H and O–H groups in total. The van der Waals surface area contributed by atoms with Crippen LogP contribution in [0.2, 0.25) is 0 Å². The quantitative estimate of drug-likeness (QED) is 0.166. The normalized spacial score (nSPS) is 11.1. The van der Waals surface area contributed by atoms with E-state index in [-0.39, 0.29) is 6.71 Å². The number of anilines is 3. The van der Waals surface area contributed by atoms with E-state index in [9.17, 15) is 0 Å². The molecule has 3 nitrogen and oxygen atoms in total. The summed E-state index contributed by atoms with van der Waals surface area (Å²) in [7, 11) is 0. The number of nitrogens with zero attached hydrogens (tertiary/aromatic N) is 3. The van der Waals surface area contributed by atoms with Crippen molar-refractivity contribution in [1.82, 2.24) is 9.97 Å². The van der Waals surface area contributed by atoms with Gasteiger partial charge in [0, 0.05) is 17.3 Å². The van der Waals surface area contributed by atoms with Gasteiger partial charge in [0.05, 0.1) is 5.69 Å². The van der Waals surface area contributed by atoms with Crippen molar-refractivity contribution in [3.8, 4) is 11.1 Å². The highest BCUT2D eigenvalue weighted by Crippen LogP contribution is 2.38. The first-order chi connectivity index (χ1) is 23.3. The van der Waals surface area contributed by atoms with Crippen LogP contribution >= 0.6 is 0 Å². The summed E-state index contributed by atoms with van der Waals surface area (Å²) in [6.45, 7) is 13.5. The molecule has 0 saturated carbocycles. The lowest BCUT2D eigenvalue weighted by Gasteiger charge is -2.29. The molecule has 0 fully saturated rings. The Hall–Kier alpha value is -5.48. The first-order valence-corrected chi connectivity index (χ1v) is 16.7. The van der Waals surface area contributed by atoms with Gasteiger partial charge in [-0.2, -0.15) is 0 Å². The minimum atomic E-state index is 0.0720. The monoisotopic (exact) mass is 621 g/mol. The Balaban J connectivity index is 1.47. The first-order valence-electron chi connectivity index (χ1n) is 16.7. The Morgan fingerprint density at radius 2 is 1.06 bits per heavy atom. The molecule has 1 aromatic heterocycles. The predicted molar refractivity (Wildman–Crippen MR) is 206 cm³/mol. The number of aromatic nitrogens is 2. The van der Waals surface area contributed by atoms with Crippen LogP contribution in [0.1, 0.15) is 33.4 Å². The number of hydrogen-bond acceptors (Lipinski definition) is 3. The molecular weight excluding hydrogens is 581 g/mol. The van der Waals surface area contributed by atoms with E-state index in [4.69, 9.17) is 4.98 Å². The highest BCUT2D eigenvalue weighted by molar-refractivity contribution is 6.98. The van der Waals surface area contributed by atoms with Gasteiger partial charge in [0.2, 0.25) is 6.71 Å². The molecule has 234 valence electrons. The molecule has 48 heavy (non-hydrogen) atoms. The van der Waals surface area contributed by atoms with Crippen molar-refractivity contribution in [1.29, 1.82) is 0 Å². The zero-order chi connectivity index (χ0) is 33.4. The topological polar surface area (TPSA) is 29.0 Å². The molecule has 7 rings (SSSR count). The number of aryl methyl sites for hydroxylation is 6. The standard InChI is InChI=1S/C44H40BN3/c1-29-24-31(3)43(32(4)25-29)45(44-33(5)26-30(2)27-34(44)6)40-20-21-41(39-15-11-10-14-38(39)40)48(42-22-23-46-28-47-42)37-18-16-36(17-19-37)35-12-8-7-9-13-35/h7-28H,1-6H3. The third-order valence-electron chi connectivity index (χ3n) is 9.57. The molecule has 0 spiro atoms. The molecule has 1 heterocycles. The van der Waals surface area contributed by atoms with Crippen LogP contribution in [-0.2, 0) is 0 Å². The molecule has 0 amide bonds. The van der Waals surface area contributed by atoms with E-state index in [2.05, 4.69) is 167 Å². The van der Waals surface area contributed by atoms with Crippen molar-refractivity contribution in [2.45, 2.75) is 41.5 Å². The van der Waals surface area contributed by atoms with Crippen LogP contribution in [0.4, 0.5) is 17.2 Å². The molecule has 6 aromatic carbocycles. The second-order valence-corrected chi connectivity index (χ2v) is 13.1. The zero-order valence-corrected chi connectivity index (χ0v) is 28.6. The fourth-order valence-electron chi connectivity index (χ4n) is 7.75. The second kappa shape index (κ2) is 13.0. The van der Waals surface area contributed by atoms with E-state index < -0.39 is 0 Å². The molecule has 0 saturated heterocycles. The molecule has 0 aliphatic heterocycles. The molecule has 0 bridgehead atoms. The summed E-state index contributed by atoms with van der Waals surface area (Å²) in [4.78, 5) is 11.2. The highest BCUT2D eigenvalue weighted by atomic mass is 15.2. The van der Waals surface area contributed by atoms with Gasteiger partial charge in [-0.25, -0.2) is 9.97 Å². The number of benzene rings is 6. The average Bonchev–Trinajstić information content (AvgIpc) is 3.08. The van der Waals surface area contributed by atoms with E-state index in [0.717, 1.165) is 17.2 Å². The lowest BCUT2D eigenvalue weighted by molar-refractivity contribution is 1.11. The summed E-state index contributed by atoms with van der Waals surface area (Å²) in [5.74, 6) is 0.822. The van der Waals surface area contributed by atoms with Crippen molar-refractivity contribution in [2.24, 2.45) is 0 Å². The van der Waals surface area contributed by atoms with E-state index in [1.165, 1.54) is 71.7 Å². The van der Waals surface area contributed by atoms with Crippen LogP contribution < -0.4 is 21.3 Å². The molecule has 0 unspecified atom stereocenters. The zero-order valence-electron chi connectivity index (χ0n) is 28.6. The fourth-order valence-corrected chi connectivity index (χ4v) is 7.75. The van der Waals surface area contributed by atoms with Crippen molar-refractivity contribution in [3.63, 3.8) is 0 Å². The summed E-state index contributed by atoms with van der Waals surface area (Å²) in [5.41, 5.74) is 16.5. The SMILES string of the molecule is Cc1cc(C)c(B(c2c(C)cc(C)cc2C)c2ccc(N(c3ccc(-c4ccccc4)cc3)c3ccncn3)c3ccccc23)c(C)c1. The highest BCUT2D eigenvalue weighted by Gasteiger charge is 2.31. The summed E-state index contributed by atoms with van der Waals surface area (Å²) in [5, 5.41) is 2.41. The van der Waals surface area contributed by atoms with Gasteiger partial charge in [-0.1, -0.05) is 147 Å². The predicted octanol–water partition coefficient (Wildman–Crippen LogP) is 9.13. The maximum atomic E-state index is 4.75. The molecular formula is C44H40BN3. The minimum absolute atomic E-state index is 0.0720. The molecule has 4 heteroatoms. The third-order valence-corrected chi connectivity index (χ3v) is 9.57. The van der Waals surface area contributed by atoms with Crippen LogP contribution in [-0.4, -0.2) is 16.7 Å². The fraction of sp³-hybridized carbons (Fsp3) is 0.136. The van der Waals surface area contributed by atoms with Crippen LogP contribution in [0, 0.1) is 41.5 Å². The Kier molecular flexibility index (Phi) is 8.41. The van der Waals surface area contributed by atoms with Gasteiger partial charge < -0.3 is 0 Å². The van der Waals surface area contributed by atoms with Gasteiger partial charge >= 0.3 is 0 Å². The summed E-state index contributed by atoms with van der Waals surface area (Å²) in [6, 6.07) is 44.1. The van der Waals surface area contributed by atoms with Gasteiger partial charge in [0.1, 0.15) is 12.1 Å². The molecule has 7 aromatic rings. The minimum Gasteiger partial charge on any atom is -0.294 e. The largest absolute Gasteiger partial charge is 0.294 e. The summed E-state index contributed by atoms with van der Waals surface area (Å²) in [6.07, 6.45) is 3.44. The first kappa shape index (κ1) is 31.1. The van der Waals surface area contributed by atoms with Crippen molar-refractivity contribution in [2.75, 3.05) is 4.90 Å². The maximum Gasteiger partial charge on any atom is 0.243 e. The van der Waals surface area contributed by atoms with Crippen LogP contribution in [0.25, 0.3) is 21.9 Å². The second-order valence-electron chi connectivity index (χ2n) is 13.1. The van der Waals surface area contributed by atoms with Gasteiger partial charge in [-0.05, 0) is 82.3 Å². The van der Waals surface area contributed by atoms with E-state index >= 15 is 0 Å². The maximum absolute atomic E-state index is 4.75. The summed E-state index contributed by atoms with van der Waals surface area (Å²) < 4.78 is 0.